The van der Waals surface area contributed by atoms with Crippen molar-refractivity contribution in [3.05, 3.63) is 52.6 Å². The molecule has 1 aromatic rings. The third kappa shape index (κ3) is 7.07. The number of aryl methyl sites for hydroxylation is 1. The van der Waals surface area contributed by atoms with Crippen molar-refractivity contribution in [1.29, 1.82) is 0 Å². The van der Waals surface area contributed by atoms with Gasteiger partial charge in [-0.15, -0.1) is 0 Å². The van der Waals surface area contributed by atoms with Crippen molar-refractivity contribution in [2.45, 2.75) is 99.8 Å². The molecule has 2 aliphatic carbocycles. The molecule has 0 heterocycles. The molecule has 0 aromatic heterocycles. The third-order valence-corrected chi connectivity index (χ3v) is 8.18. The summed E-state index contributed by atoms with van der Waals surface area (Å²) in [6, 6.07) is 4.11. The van der Waals surface area contributed by atoms with Gasteiger partial charge in [-0.25, -0.2) is 0 Å². The first-order chi connectivity index (χ1) is 17.9. The topological polar surface area (TPSA) is 68.3 Å². The average Bonchev–Trinajstić information content (AvgIpc) is 3.28. The predicted octanol–water partition coefficient (Wildman–Crippen LogP) is 7.70. The Morgan fingerprint density at radius 3 is 2.39 bits per heavy atom. The minimum Gasteiger partial charge on any atom is -0.300 e. The van der Waals surface area contributed by atoms with Gasteiger partial charge in [-0.05, 0) is 72.6 Å². The summed E-state index contributed by atoms with van der Waals surface area (Å²) >= 11 is 0. The van der Waals surface area contributed by atoms with Gasteiger partial charge in [0, 0.05) is 24.3 Å². The van der Waals surface area contributed by atoms with E-state index in [1.165, 1.54) is 6.92 Å². The molecule has 4 unspecified atom stereocenters. The molecule has 0 aliphatic heterocycles. The van der Waals surface area contributed by atoms with Gasteiger partial charge in [0.1, 0.15) is 17.3 Å². The molecule has 4 heteroatoms. The zero-order valence-electron chi connectivity index (χ0n) is 24.5. The number of allylic oxidation sites excluding steroid dienone is 4. The van der Waals surface area contributed by atoms with Gasteiger partial charge in [-0.3, -0.25) is 19.2 Å². The van der Waals surface area contributed by atoms with E-state index in [-0.39, 0.29) is 58.6 Å². The number of carbonyl (C=O) groups excluding carboxylic acids is 4. The van der Waals surface area contributed by atoms with E-state index in [0.29, 0.717) is 19.3 Å². The number of ketones is 4. The first kappa shape index (κ1) is 29.9. The van der Waals surface area contributed by atoms with Gasteiger partial charge in [-0.2, -0.15) is 0 Å². The highest BCUT2D eigenvalue weighted by Gasteiger charge is 2.36. The van der Waals surface area contributed by atoms with Crippen molar-refractivity contribution >= 4 is 28.7 Å². The largest absolute Gasteiger partial charge is 0.300 e. The Hall–Kier alpha value is -2.62. The molecule has 38 heavy (non-hydrogen) atoms. The first-order valence-corrected chi connectivity index (χ1v) is 14.5. The van der Waals surface area contributed by atoms with Gasteiger partial charge in [0.25, 0.3) is 0 Å². The summed E-state index contributed by atoms with van der Waals surface area (Å²) in [5, 5.41) is 0. The maximum absolute atomic E-state index is 13.5. The summed E-state index contributed by atoms with van der Waals surface area (Å²) < 4.78 is 0. The van der Waals surface area contributed by atoms with E-state index in [1.54, 1.807) is 0 Å². The number of hydrogen-bond donors (Lipinski definition) is 0. The van der Waals surface area contributed by atoms with Gasteiger partial charge < -0.3 is 0 Å². The highest BCUT2D eigenvalue weighted by Crippen LogP contribution is 2.42. The molecule has 3 rings (SSSR count). The maximum Gasteiger partial charge on any atom is 0.163 e. The van der Waals surface area contributed by atoms with Gasteiger partial charge in [0.15, 0.2) is 5.78 Å². The number of carbonyl (C=O) groups is 4. The minimum absolute atomic E-state index is 0.000365. The molecule has 206 valence electrons. The summed E-state index contributed by atoms with van der Waals surface area (Å²) in [4.78, 5) is 51.4. The second kappa shape index (κ2) is 12.5. The predicted molar refractivity (Wildman–Crippen MR) is 154 cm³/mol. The van der Waals surface area contributed by atoms with Crippen molar-refractivity contribution in [3.8, 4) is 0 Å². The van der Waals surface area contributed by atoms with Crippen LogP contribution in [0, 0.1) is 36.0 Å². The molecule has 4 nitrogen and oxygen atoms in total. The summed E-state index contributed by atoms with van der Waals surface area (Å²) in [5.41, 5.74) is 4.80. The number of Topliss-reactive ketones (excluding diaryl/α,β-unsaturated/α-hetero) is 4. The molecule has 4 atom stereocenters. The Labute approximate surface area is 229 Å². The molecule has 0 radical (unpaired) electrons. The zero-order chi connectivity index (χ0) is 28.2. The molecule has 0 fully saturated rings. The smallest absolute Gasteiger partial charge is 0.163 e. The number of hydrogen-bond acceptors (Lipinski definition) is 4. The van der Waals surface area contributed by atoms with Crippen LogP contribution >= 0.6 is 0 Å². The molecule has 0 amide bonds. The lowest BCUT2D eigenvalue weighted by atomic mass is 9.70. The van der Waals surface area contributed by atoms with Crippen LogP contribution < -0.4 is 0 Å². The third-order valence-electron chi connectivity index (χ3n) is 8.18. The highest BCUT2D eigenvalue weighted by molar-refractivity contribution is 6.03. The van der Waals surface area contributed by atoms with Crippen LogP contribution in [-0.4, -0.2) is 23.1 Å². The Kier molecular flexibility index (Phi) is 9.84. The average molecular weight is 519 g/mol. The van der Waals surface area contributed by atoms with Crippen LogP contribution in [0.1, 0.15) is 114 Å². The molecular formula is C34H46O4. The molecular weight excluding hydrogens is 472 g/mol. The lowest BCUT2D eigenvalue weighted by molar-refractivity contribution is -0.130. The summed E-state index contributed by atoms with van der Waals surface area (Å²) in [7, 11) is 0. The second-order valence-electron chi connectivity index (χ2n) is 12.8. The number of benzene rings is 1. The van der Waals surface area contributed by atoms with Crippen LogP contribution in [0.25, 0.3) is 5.57 Å². The fourth-order valence-corrected chi connectivity index (χ4v) is 6.66. The number of fused-ring (bicyclic) bond motifs is 1. The van der Waals surface area contributed by atoms with Crippen LogP contribution in [0.15, 0.2) is 30.4 Å². The van der Waals surface area contributed by atoms with E-state index in [1.807, 2.05) is 38.1 Å². The van der Waals surface area contributed by atoms with E-state index in [9.17, 15) is 19.2 Å². The minimum atomic E-state index is -0.280. The van der Waals surface area contributed by atoms with Gasteiger partial charge in [-0.1, -0.05) is 77.8 Å². The van der Waals surface area contributed by atoms with Crippen molar-refractivity contribution in [2.24, 2.45) is 29.1 Å². The normalized spacial score (nSPS) is 20.6. The summed E-state index contributed by atoms with van der Waals surface area (Å²) in [6.07, 6.45) is 11.2. The SMILES string of the molecule is CCCC(CC1CC(=O)c2c(C)ccc(C3=CC=CC3C(=O)CC(C)(C)C)c2C1)C(CC)C(=O)CC(C)=O. The summed E-state index contributed by atoms with van der Waals surface area (Å²) in [5.74, 6) is 0.218. The zero-order valence-corrected chi connectivity index (χ0v) is 24.5. The van der Waals surface area contributed by atoms with Crippen LogP contribution in [-0.2, 0) is 20.8 Å². The van der Waals surface area contributed by atoms with Crippen LogP contribution in [0.3, 0.4) is 0 Å². The lowest BCUT2D eigenvalue weighted by Gasteiger charge is -2.33. The molecule has 0 saturated carbocycles. The van der Waals surface area contributed by atoms with E-state index >= 15 is 0 Å². The fraction of sp³-hybridized carbons (Fsp3) is 0.588. The number of rotatable bonds is 12. The molecule has 0 spiro atoms. The van der Waals surface area contributed by atoms with Crippen molar-refractivity contribution < 1.29 is 19.2 Å². The van der Waals surface area contributed by atoms with E-state index in [0.717, 1.165) is 53.5 Å². The van der Waals surface area contributed by atoms with E-state index < -0.39 is 0 Å². The van der Waals surface area contributed by atoms with Crippen molar-refractivity contribution in [1.82, 2.24) is 0 Å². The fourth-order valence-electron chi connectivity index (χ4n) is 6.66. The summed E-state index contributed by atoms with van der Waals surface area (Å²) in [6.45, 7) is 13.9. The molecule has 1 aromatic carbocycles. The van der Waals surface area contributed by atoms with Crippen molar-refractivity contribution in [2.75, 3.05) is 0 Å². The van der Waals surface area contributed by atoms with Crippen molar-refractivity contribution in [3.63, 3.8) is 0 Å². The Morgan fingerprint density at radius 1 is 1.08 bits per heavy atom. The van der Waals surface area contributed by atoms with Gasteiger partial charge in [0.05, 0.1) is 12.3 Å². The molecule has 0 saturated heterocycles. The Bertz CT molecular complexity index is 1140. The maximum atomic E-state index is 13.5. The Morgan fingerprint density at radius 2 is 1.79 bits per heavy atom. The van der Waals surface area contributed by atoms with Crippen LogP contribution in [0.2, 0.25) is 0 Å². The van der Waals surface area contributed by atoms with Gasteiger partial charge in [0.2, 0.25) is 0 Å². The lowest BCUT2D eigenvalue weighted by Crippen LogP contribution is -2.30. The highest BCUT2D eigenvalue weighted by atomic mass is 16.1. The molecule has 0 N–H and O–H groups in total. The monoisotopic (exact) mass is 518 g/mol. The second-order valence-corrected chi connectivity index (χ2v) is 12.8. The van der Waals surface area contributed by atoms with Gasteiger partial charge >= 0.3 is 0 Å². The first-order valence-electron chi connectivity index (χ1n) is 14.5. The molecule has 0 bridgehead atoms. The van der Waals surface area contributed by atoms with Crippen LogP contribution in [0.5, 0.6) is 0 Å². The van der Waals surface area contributed by atoms with Crippen LogP contribution in [0.4, 0.5) is 0 Å². The Balaban J connectivity index is 1.92. The quantitative estimate of drug-likeness (QED) is 0.266. The molecule has 2 aliphatic rings. The van der Waals surface area contributed by atoms with E-state index in [2.05, 4.69) is 33.8 Å². The standard InChI is InChI=1S/C34H46O4/c1-8-11-24(25(9-2)30(36)16-22(4)35)17-23-18-29-27(15-14-21(3)33(29)31(37)19-23)26-12-10-13-28(26)32(38)20-34(5,6)7/h10,12-15,23-25,28H,8-9,11,16-20H2,1-7H3. The van der Waals surface area contributed by atoms with E-state index in [4.69, 9.17) is 0 Å².